The summed E-state index contributed by atoms with van der Waals surface area (Å²) in [4.78, 5) is 30.3. The summed E-state index contributed by atoms with van der Waals surface area (Å²) in [5.74, 6) is -0.758. The lowest BCUT2D eigenvalue weighted by atomic mass is 9.94. The van der Waals surface area contributed by atoms with E-state index < -0.39 is 28.5 Å². The fourth-order valence-corrected chi connectivity index (χ4v) is 7.62. The molecular formula is C37H40ClN3O4S. The van der Waals surface area contributed by atoms with E-state index in [1.54, 1.807) is 42.5 Å². The largest absolute Gasteiger partial charge is 0.352 e. The number of amides is 2. The summed E-state index contributed by atoms with van der Waals surface area (Å²) < 4.78 is 29.3. The Labute approximate surface area is 277 Å². The van der Waals surface area contributed by atoms with Crippen LogP contribution in [0, 0.1) is 6.92 Å². The van der Waals surface area contributed by atoms with Crippen molar-refractivity contribution in [2.75, 3.05) is 10.8 Å². The molecule has 0 radical (unpaired) electrons. The number of nitrogens with one attached hydrogen (secondary N) is 1. The summed E-state index contributed by atoms with van der Waals surface area (Å²) in [6.07, 6.45) is 5.30. The lowest BCUT2D eigenvalue weighted by molar-refractivity contribution is -0.140. The van der Waals surface area contributed by atoms with E-state index in [2.05, 4.69) is 5.32 Å². The minimum Gasteiger partial charge on any atom is -0.352 e. The number of carbonyl (C=O) groups excluding carboxylic acids is 2. The summed E-state index contributed by atoms with van der Waals surface area (Å²) in [5, 5.41) is 3.42. The molecule has 0 spiro atoms. The highest BCUT2D eigenvalue weighted by atomic mass is 35.5. The lowest BCUT2D eigenvalue weighted by Gasteiger charge is -2.35. The standard InChI is InChI=1S/C37H40ClN3O4S/c1-28-21-23-30(24-22-28)26-40(35(25-29-13-5-2-6-14-29)37(43)39-31-15-7-3-8-16-31)36(42)27-41(34-20-12-11-19-33(34)38)46(44,45)32-17-9-4-10-18-32/h2,4-6,9-14,17-24,31,35H,3,7-8,15-16,25-27H2,1H3,(H,39,43)/t35-/m0/s1. The molecule has 0 saturated heterocycles. The van der Waals surface area contributed by atoms with Crippen LogP contribution in [0.15, 0.2) is 114 Å². The zero-order chi connectivity index (χ0) is 32.5. The van der Waals surface area contributed by atoms with E-state index in [4.69, 9.17) is 11.6 Å². The van der Waals surface area contributed by atoms with E-state index >= 15 is 0 Å². The van der Waals surface area contributed by atoms with Gasteiger partial charge in [0.1, 0.15) is 12.6 Å². The Balaban J connectivity index is 1.56. The number of sulfonamides is 1. The van der Waals surface area contributed by atoms with Crippen molar-refractivity contribution in [3.05, 3.63) is 131 Å². The number of nitrogens with zero attached hydrogens (tertiary/aromatic N) is 2. The maximum atomic E-state index is 14.6. The van der Waals surface area contributed by atoms with Gasteiger partial charge in [-0.1, -0.05) is 121 Å². The Morgan fingerprint density at radius 1 is 0.804 bits per heavy atom. The van der Waals surface area contributed by atoms with Gasteiger partial charge in [0.2, 0.25) is 11.8 Å². The van der Waals surface area contributed by atoms with E-state index in [0.29, 0.717) is 0 Å². The second-order valence-corrected chi connectivity index (χ2v) is 14.1. The van der Waals surface area contributed by atoms with Gasteiger partial charge in [-0.3, -0.25) is 13.9 Å². The molecular weight excluding hydrogens is 618 g/mol. The molecule has 0 heterocycles. The fourth-order valence-electron chi connectivity index (χ4n) is 5.88. The molecule has 0 unspecified atom stereocenters. The molecule has 0 bridgehead atoms. The van der Waals surface area contributed by atoms with E-state index in [1.807, 2.05) is 61.5 Å². The van der Waals surface area contributed by atoms with Gasteiger partial charge in [-0.15, -0.1) is 0 Å². The van der Waals surface area contributed by atoms with Gasteiger partial charge in [0.25, 0.3) is 10.0 Å². The molecule has 4 aromatic carbocycles. The number of hydrogen-bond donors (Lipinski definition) is 1. The zero-order valence-electron chi connectivity index (χ0n) is 26.0. The number of halogens is 1. The SMILES string of the molecule is Cc1ccc(CN(C(=O)CN(c2ccccc2Cl)S(=O)(=O)c2ccccc2)[C@@H](Cc2ccccc2)C(=O)NC2CCCCC2)cc1. The van der Waals surface area contributed by atoms with Gasteiger partial charge >= 0.3 is 0 Å². The van der Waals surface area contributed by atoms with Gasteiger partial charge in [-0.05, 0) is 55.2 Å². The number of anilines is 1. The third-order valence-electron chi connectivity index (χ3n) is 8.43. The van der Waals surface area contributed by atoms with Crippen LogP contribution in [0.2, 0.25) is 5.02 Å². The predicted molar refractivity (Wildman–Crippen MR) is 183 cm³/mol. The molecule has 1 aliphatic rings. The predicted octanol–water partition coefficient (Wildman–Crippen LogP) is 6.93. The maximum absolute atomic E-state index is 14.6. The van der Waals surface area contributed by atoms with E-state index in [1.165, 1.54) is 17.0 Å². The average molecular weight is 658 g/mol. The van der Waals surface area contributed by atoms with Crippen molar-refractivity contribution in [1.82, 2.24) is 10.2 Å². The van der Waals surface area contributed by atoms with Gasteiger partial charge in [0.15, 0.2) is 0 Å². The molecule has 5 rings (SSSR count). The highest BCUT2D eigenvalue weighted by molar-refractivity contribution is 7.92. The lowest BCUT2D eigenvalue weighted by Crippen LogP contribution is -2.55. The quantitative estimate of drug-likeness (QED) is 0.179. The molecule has 0 aliphatic heterocycles. The van der Waals surface area contributed by atoms with E-state index in [-0.39, 0.29) is 40.5 Å². The molecule has 1 fully saturated rings. The monoisotopic (exact) mass is 657 g/mol. The van der Waals surface area contributed by atoms with Crippen LogP contribution < -0.4 is 9.62 Å². The second kappa shape index (κ2) is 15.4. The molecule has 9 heteroatoms. The Hall–Kier alpha value is -4.14. The highest BCUT2D eigenvalue weighted by Crippen LogP contribution is 2.31. The van der Waals surface area contributed by atoms with E-state index in [0.717, 1.165) is 53.1 Å². The fraction of sp³-hybridized carbons (Fsp3) is 0.297. The van der Waals surface area contributed by atoms with Crippen LogP contribution in [-0.4, -0.2) is 43.8 Å². The number of rotatable bonds is 12. The van der Waals surface area contributed by atoms with E-state index in [9.17, 15) is 18.0 Å². The van der Waals surface area contributed by atoms with Crippen LogP contribution >= 0.6 is 11.6 Å². The first-order valence-electron chi connectivity index (χ1n) is 15.7. The van der Waals surface area contributed by atoms with Crippen molar-refractivity contribution in [1.29, 1.82) is 0 Å². The first-order chi connectivity index (χ1) is 22.2. The van der Waals surface area contributed by atoms with Crippen molar-refractivity contribution in [3.63, 3.8) is 0 Å². The number of benzene rings is 4. The van der Waals surface area contributed by atoms with Crippen molar-refractivity contribution in [2.45, 2.75) is 69.0 Å². The van der Waals surface area contributed by atoms with Gasteiger partial charge in [-0.25, -0.2) is 8.42 Å². The van der Waals surface area contributed by atoms with Gasteiger partial charge in [-0.2, -0.15) is 0 Å². The van der Waals surface area contributed by atoms with Crippen molar-refractivity contribution >= 4 is 39.1 Å². The van der Waals surface area contributed by atoms with Gasteiger partial charge in [0.05, 0.1) is 15.6 Å². The number of aryl methyl sites for hydroxylation is 1. The molecule has 1 N–H and O–H groups in total. The molecule has 1 aliphatic carbocycles. The van der Waals surface area contributed by atoms with Crippen molar-refractivity contribution in [3.8, 4) is 0 Å². The molecule has 1 atom stereocenters. The molecule has 7 nitrogen and oxygen atoms in total. The minimum atomic E-state index is -4.21. The molecule has 4 aromatic rings. The molecule has 0 aromatic heterocycles. The van der Waals surface area contributed by atoms with Crippen LogP contribution in [0.5, 0.6) is 0 Å². The third kappa shape index (κ3) is 8.36. The third-order valence-corrected chi connectivity index (χ3v) is 10.5. The van der Waals surface area contributed by atoms with Crippen molar-refractivity contribution < 1.29 is 18.0 Å². The van der Waals surface area contributed by atoms with Gasteiger partial charge < -0.3 is 10.2 Å². The average Bonchev–Trinajstić information content (AvgIpc) is 3.07. The first kappa shape index (κ1) is 33.2. The number of carbonyl (C=O) groups is 2. The number of para-hydroxylation sites is 1. The van der Waals surface area contributed by atoms with Crippen LogP contribution in [0.25, 0.3) is 0 Å². The van der Waals surface area contributed by atoms with Gasteiger partial charge in [0, 0.05) is 19.0 Å². The second-order valence-electron chi connectivity index (χ2n) is 11.8. The molecule has 46 heavy (non-hydrogen) atoms. The molecule has 1 saturated carbocycles. The first-order valence-corrected chi connectivity index (χ1v) is 17.6. The Morgan fingerprint density at radius 3 is 2.07 bits per heavy atom. The van der Waals surface area contributed by atoms with Crippen LogP contribution in [0.1, 0.15) is 48.8 Å². The molecule has 240 valence electrons. The Kier molecular flexibility index (Phi) is 11.1. The minimum absolute atomic E-state index is 0.0312. The maximum Gasteiger partial charge on any atom is 0.264 e. The van der Waals surface area contributed by atoms with Crippen LogP contribution in [0.4, 0.5) is 5.69 Å². The topological polar surface area (TPSA) is 86.8 Å². The van der Waals surface area contributed by atoms with Crippen LogP contribution in [0.3, 0.4) is 0 Å². The Bertz CT molecular complexity index is 1710. The number of hydrogen-bond acceptors (Lipinski definition) is 4. The normalized spacial score (nSPS) is 14.3. The summed E-state index contributed by atoms with van der Waals surface area (Å²) in [7, 11) is -4.21. The highest BCUT2D eigenvalue weighted by Gasteiger charge is 2.36. The zero-order valence-corrected chi connectivity index (χ0v) is 27.6. The Morgan fingerprint density at radius 2 is 1.41 bits per heavy atom. The van der Waals surface area contributed by atoms with Crippen LogP contribution in [-0.2, 0) is 32.6 Å². The summed E-state index contributed by atoms with van der Waals surface area (Å²) >= 11 is 6.55. The smallest absolute Gasteiger partial charge is 0.264 e. The summed E-state index contributed by atoms with van der Waals surface area (Å²) in [5.41, 5.74) is 2.98. The summed E-state index contributed by atoms with van der Waals surface area (Å²) in [6.45, 7) is 1.56. The molecule has 2 amide bonds. The van der Waals surface area contributed by atoms with Crippen molar-refractivity contribution in [2.24, 2.45) is 0 Å². The summed E-state index contributed by atoms with van der Waals surface area (Å²) in [6, 6.07) is 31.1.